The minimum absolute atomic E-state index is 0.0609. The van der Waals surface area contributed by atoms with Crippen LogP contribution in [-0.2, 0) is 0 Å². The quantitative estimate of drug-likeness (QED) is 0.501. The molecule has 1 atom stereocenters. The first-order valence-corrected chi connectivity index (χ1v) is 4.90. The van der Waals surface area contributed by atoms with Crippen molar-refractivity contribution in [2.75, 3.05) is 0 Å². The standard InChI is InChI=1S/C10H17N5O/c1-5-4-8(7(3)16-5)6(2)14-10(13)15-9(11)12/h4,6H,1-3H3,(H6,11,12,13,14,15). The minimum atomic E-state index is -0.138. The summed E-state index contributed by atoms with van der Waals surface area (Å²) in [6.45, 7) is 5.66. The fraction of sp³-hybridized carbons (Fsp3) is 0.400. The van der Waals surface area contributed by atoms with E-state index in [1.165, 1.54) is 0 Å². The smallest absolute Gasteiger partial charge is 0.219 e. The molecule has 0 fully saturated rings. The van der Waals surface area contributed by atoms with Gasteiger partial charge in [0.2, 0.25) is 5.96 Å². The van der Waals surface area contributed by atoms with E-state index in [0.29, 0.717) is 0 Å². The number of hydrogen-bond donors (Lipinski definition) is 3. The van der Waals surface area contributed by atoms with Crippen LogP contribution in [0, 0.1) is 13.8 Å². The Morgan fingerprint density at radius 3 is 2.38 bits per heavy atom. The fourth-order valence-electron chi connectivity index (χ4n) is 1.49. The summed E-state index contributed by atoms with van der Waals surface area (Å²) < 4.78 is 5.40. The Hall–Kier alpha value is -1.98. The van der Waals surface area contributed by atoms with E-state index in [-0.39, 0.29) is 18.0 Å². The largest absolute Gasteiger partial charge is 0.466 e. The van der Waals surface area contributed by atoms with Crippen molar-refractivity contribution in [2.24, 2.45) is 27.2 Å². The van der Waals surface area contributed by atoms with Gasteiger partial charge in [0, 0.05) is 5.56 Å². The minimum Gasteiger partial charge on any atom is -0.466 e. The Bertz CT molecular complexity index is 428. The van der Waals surface area contributed by atoms with E-state index >= 15 is 0 Å². The van der Waals surface area contributed by atoms with Crippen LogP contribution in [0.3, 0.4) is 0 Å². The molecule has 0 aliphatic rings. The van der Waals surface area contributed by atoms with Gasteiger partial charge in [-0.1, -0.05) is 0 Å². The molecule has 0 amide bonds. The number of nitrogens with two attached hydrogens (primary N) is 3. The second-order valence-corrected chi connectivity index (χ2v) is 3.57. The van der Waals surface area contributed by atoms with Crippen LogP contribution in [0.25, 0.3) is 0 Å². The zero-order chi connectivity index (χ0) is 12.3. The lowest BCUT2D eigenvalue weighted by Gasteiger charge is -2.04. The predicted molar refractivity (Wildman–Crippen MR) is 64.0 cm³/mol. The van der Waals surface area contributed by atoms with E-state index in [1.807, 2.05) is 26.8 Å². The number of rotatable bonds is 2. The molecular weight excluding hydrogens is 206 g/mol. The molecule has 1 aromatic heterocycles. The number of aryl methyl sites for hydroxylation is 2. The maximum Gasteiger partial charge on any atom is 0.219 e. The first-order chi connectivity index (χ1) is 7.40. The summed E-state index contributed by atoms with van der Waals surface area (Å²) in [5.74, 6) is 1.63. The third kappa shape index (κ3) is 3.01. The lowest BCUT2D eigenvalue weighted by atomic mass is 10.1. The van der Waals surface area contributed by atoms with Gasteiger partial charge in [0.05, 0.1) is 6.04 Å². The second-order valence-electron chi connectivity index (χ2n) is 3.57. The molecule has 0 saturated carbocycles. The molecule has 1 aromatic rings. The first-order valence-electron chi connectivity index (χ1n) is 4.90. The molecule has 6 nitrogen and oxygen atoms in total. The van der Waals surface area contributed by atoms with E-state index in [0.717, 1.165) is 17.1 Å². The van der Waals surface area contributed by atoms with Crippen LogP contribution in [0.2, 0.25) is 0 Å². The molecule has 16 heavy (non-hydrogen) atoms. The SMILES string of the molecule is Cc1cc(C(C)N=C(N)N=C(N)N)c(C)o1. The Labute approximate surface area is 94.2 Å². The normalized spacial score (nSPS) is 13.6. The summed E-state index contributed by atoms with van der Waals surface area (Å²) in [4.78, 5) is 7.80. The van der Waals surface area contributed by atoms with Crippen LogP contribution in [-0.4, -0.2) is 11.9 Å². The first kappa shape index (κ1) is 12.1. The van der Waals surface area contributed by atoms with Gasteiger partial charge in [-0.15, -0.1) is 0 Å². The molecule has 0 aliphatic heterocycles. The molecule has 88 valence electrons. The molecule has 1 heterocycles. The monoisotopic (exact) mass is 223 g/mol. The molecular formula is C10H17N5O. The van der Waals surface area contributed by atoms with Gasteiger partial charge < -0.3 is 21.6 Å². The van der Waals surface area contributed by atoms with E-state index in [1.54, 1.807) is 0 Å². The van der Waals surface area contributed by atoms with Crippen LogP contribution in [0.1, 0.15) is 30.0 Å². The van der Waals surface area contributed by atoms with Crippen LogP contribution < -0.4 is 17.2 Å². The van der Waals surface area contributed by atoms with Gasteiger partial charge in [-0.3, -0.25) is 0 Å². The topological polar surface area (TPSA) is 116 Å². The molecule has 6 heteroatoms. The van der Waals surface area contributed by atoms with Crippen molar-refractivity contribution >= 4 is 11.9 Å². The maximum absolute atomic E-state index is 5.54. The van der Waals surface area contributed by atoms with Crippen LogP contribution in [0.4, 0.5) is 0 Å². The van der Waals surface area contributed by atoms with Crippen molar-refractivity contribution in [2.45, 2.75) is 26.8 Å². The van der Waals surface area contributed by atoms with Gasteiger partial charge in [0.1, 0.15) is 11.5 Å². The van der Waals surface area contributed by atoms with Crippen molar-refractivity contribution in [3.05, 3.63) is 23.2 Å². The van der Waals surface area contributed by atoms with Crippen molar-refractivity contribution in [1.29, 1.82) is 0 Å². The molecule has 1 unspecified atom stereocenters. The third-order valence-electron chi connectivity index (χ3n) is 2.10. The number of hydrogen-bond acceptors (Lipinski definition) is 2. The van der Waals surface area contributed by atoms with Crippen LogP contribution >= 0.6 is 0 Å². The summed E-state index contributed by atoms with van der Waals surface area (Å²) in [6.07, 6.45) is 0. The van der Waals surface area contributed by atoms with Gasteiger partial charge in [0.15, 0.2) is 5.96 Å². The molecule has 0 bridgehead atoms. The number of furan rings is 1. The highest BCUT2D eigenvalue weighted by Gasteiger charge is 2.11. The van der Waals surface area contributed by atoms with E-state index in [9.17, 15) is 0 Å². The van der Waals surface area contributed by atoms with E-state index in [4.69, 9.17) is 21.6 Å². The molecule has 1 rings (SSSR count). The van der Waals surface area contributed by atoms with Gasteiger partial charge >= 0.3 is 0 Å². The summed E-state index contributed by atoms with van der Waals surface area (Å²) in [5.41, 5.74) is 16.9. The maximum atomic E-state index is 5.54. The molecule has 6 N–H and O–H groups in total. The summed E-state index contributed by atoms with van der Waals surface area (Å²) >= 11 is 0. The third-order valence-corrected chi connectivity index (χ3v) is 2.10. The zero-order valence-corrected chi connectivity index (χ0v) is 9.69. The van der Waals surface area contributed by atoms with E-state index < -0.39 is 0 Å². The molecule has 0 aromatic carbocycles. The van der Waals surface area contributed by atoms with Crippen molar-refractivity contribution in [1.82, 2.24) is 0 Å². The number of aliphatic imine (C=N–C) groups is 2. The van der Waals surface area contributed by atoms with Crippen LogP contribution in [0.5, 0.6) is 0 Å². The highest BCUT2D eigenvalue weighted by atomic mass is 16.3. The Balaban J connectivity index is 2.91. The van der Waals surface area contributed by atoms with Crippen molar-refractivity contribution < 1.29 is 4.42 Å². The average Bonchev–Trinajstić information content (AvgIpc) is 2.43. The van der Waals surface area contributed by atoms with Gasteiger partial charge in [-0.05, 0) is 26.8 Å². The van der Waals surface area contributed by atoms with Gasteiger partial charge in [-0.2, -0.15) is 4.99 Å². The molecule has 0 radical (unpaired) electrons. The van der Waals surface area contributed by atoms with Gasteiger partial charge in [-0.25, -0.2) is 4.99 Å². The highest BCUT2D eigenvalue weighted by Crippen LogP contribution is 2.23. The molecule has 0 spiro atoms. The number of nitrogens with zero attached hydrogens (tertiary/aromatic N) is 2. The van der Waals surface area contributed by atoms with Crippen molar-refractivity contribution in [3.8, 4) is 0 Å². The predicted octanol–water partition coefficient (Wildman–Crippen LogP) is 0.546. The lowest BCUT2D eigenvalue weighted by Crippen LogP contribution is -2.26. The zero-order valence-electron chi connectivity index (χ0n) is 9.69. The van der Waals surface area contributed by atoms with Crippen molar-refractivity contribution in [3.63, 3.8) is 0 Å². The van der Waals surface area contributed by atoms with Crippen LogP contribution in [0.15, 0.2) is 20.5 Å². The van der Waals surface area contributed by atoms with Gasteiger partial charge in [0.25, 0.3) is 0 Å². The molecule has 0 saturated heterocycles. The summed E-state index contributed by atoms with van der Waals surface area (Å²) in [6, 6.07) is 1.78. The lowest BCUT2D eigenvalue weighted by molar-refractivity contribution is 0.499. The van der Waals surface area contributed by atoms with E-state index in [2.05, 4.69) is 9.98 Å². The molecule has 0 aliphatic carbocycles. The average molecular weight is 223 g/mol. The fourth-order valence-corrected chi connectivity index (χ4v) is 1.49. The Kier molecular flexibility index (Phi) is 3.55. The highest BCUT2D eigenvalue weighted by molar-refractivity contribution is 5.92. The Morgan fingerprint density at radius 1 is 1.31 bits per heavy atom. The number of guanidine groups is 2. The summed E-state index contributed by atoms with van der Waals surface area (Å²) in [7, 11) is 0. The summed E-state index contributed by atoms with van der Waals surface area (Å²) in [5, 5.41) is 0. The second kappa shape index (κ2) is 4.69. The Morgan fingerprint density at radius 2 is 1.94 bits per heavy atom.